The van der Waals surface area contributed by atoms with Crippen LogP contribution in [0.1, 0.15) is 43.9 Å². The van der Waals surface area contributed by atoms with E-state index in [1.165, 1.54) is 10.9 Å². The summed E-state index contributed by atoms with van der Waals surface area (Å²) in [7, 11) is 0. The van der Waals surface area contributed by atoms with Gasteiger partial charge in [0.1, 0.15) is 11.0 Å². The highest BCUT2D eigenvalue weighted by atomic mass is 19.4. The standard InChI is InChI=1S/C32H35F3N8O3/c1-3-15-42-28(44)24-19-37-30(40-27(24)43(42)25-10-5-21-11-14-31(46,4-2)26(21)39-25)38-22-6-8-23(9-7-22)41-16-12-20(13-17-41)18-36-29(45)32(33,34)35/h3,5-10,19-20,46H,1,4,11-18H2,2H3,(H,36,45)(H,37,38,40)/t31-/m1/s1. The Kier molecular flexibility index (Phi) is 8.32. The molecule has 1 aliphatic carbocycles. The van der Waals surface area contributed by atoms with Gasteiger partial charge in [-0.15, -0.1) is 6.58 Å². The van der Waals surface area contributed by atoms with Gasteiger partial charge in [-0.25, -0.2) is 19.3 Å². The molecule has 6 rings (SSSR count). The lowest BCUT2D eigenvalue weighted by molar-refractivity contribution is -0.173. The van der Waals surface area contributed by atoms with Gasteiger partial charge in [0.15, 0.2) is 11.5 Å². The van der Waals surface area contributed by atoms with E-state index in [9.17, 15) is 27.9 Å². The number of piperidine rings is 1. The minimum absolute atomic E-state index is 0.00762. The second-order valence-corrected chi connectivity index (χ2v) is 11.8. The molecule has 1 aliphatic heterocycles. The van der Waals surface area contributed by atoms with E-state index in [0.717, 1.165) is 23.4 Å². The zero-order valence-electron chi connectivity index (χ0n) is 25.3. The Labute approximate surface area is 262 Å². The minimum atomic E-state index is -4.87. The topological polar surface area (TPSA) is 130 Å². The Morgan fingerprint density at radius 3 is 2.57 bits per heavy atom. The fourth-order valence-electron chi connectivity index (χ4n) is 6.23. The molecule has 0 spiro atoms. The summed E-state index contributed by atoms with van der Waals surface area (Å²) in [5, 5.41) is 16.7. The van der Waals surface area contributed by atoms with Crippen LogP contribution in [-0.2, 0) is 23.4 Å². The highest BCUT2D eigenvalue weighted by molar-refractivity contribution is 5.81. The summed E-state index contributed by atoms with van der Waals surface area (Å²) in [5.41, 5.74) is 2.35. The summed E-state index contributed by atoms with van der Waals surface area (Å²) in [6.45, 7) is 7.27. The van der Waals surface area contributed by atoms with Crippen LogP contribution in [-0.4, -0.2) is 61.1 Å². The molecule has 1 amide bonds. The Morgan fingerprint density at radius 2 is 1.89 bits per heavy atom. The number of carbonyl (C=O) groups is 1. The first-order valence-electron chi connectivity index (χ1n) is 15.3. The van der Waals surface area contributed by atoms with Crippen molar-refractivity contribution >= 4 is 34.3 Å². The lowest BCUT2D eigenvalue weighted by atomic mass is 9.96. The van der Waals surface area contributed by atoms with E-state index < -0.39 is 17.7 Å². The molecular formula is C32H35F3N8O3. The number of rotatable bonds is 9. The number of pyridine rings is 1. The van der Waals surface area contributed by atoms with Gasteiger partial charge in [0.2, 0.25) is 5.95 Å². The quantitative estimate of drug-likeness (QED) is 0.232. The molecule has 0 unspecified atom stereocenters. The Bertz CT molecular complexity index is 1830. The van der Waals surface area contributed by atoms with Gasteiger partial charge in [0.25, 0.3) is 5.56 Å². The van der Waals surface area contributed by atoms with Gasteiger partial charge in [0.05, 0.1) is 12.2 Å². The number of aliphatic hydroxyl groups is 1. The highest BCUT2D eigenvalue weighted by Crippen LogP contribution is 2.38. The monoisotopic (exact) mass is 636 g/mol. The van der Waals surface area contributed by atoms with Crippen LogP contribution in [0.2, 0.25) is 0 Å². The van der Waals surface area contributed by atoms with Crippen LogP contribution in [0.3, 0.4) is 0 Å². The van der Waals surface area contributed by atoms with Gasteiger partial charge in [-0.2, -0.15) is 18.2 Å². The molecular weight excluding hydrogens is 601 g/mol. The normalized spacial score (nSPS) is 18.5. The van der Waals surface area contributed by atoms with Crippen molar-refractivity contribution in [3.8, 4) is 5.82 Å². The van der Waals surface area contributed by atoms with Gasteiger partial charge in [-0.3, -0.25) is 9.59 Å². The number of hydrogen-bond donors (Lipinski definition) is 3. The van der Waals surface area contributed by atoms with Crippen molar-refractivity contribution in [1.82, 2.24) is 29.6 Å². The van der Waals surface area contributed by atoms with E-state index in [0.29, 0.717) is 61.3 Å². The third-order valence-corrected chi connectivity index (χ3v) is 8.90. The number of anilines is 3. The molecule has 11 nitrogen and oxygen atoms in total. The zero-order valence-corrected chi connectivity index (χ0v) is 25.3. The first kappa shape index (κ1) is 31.3. The first-order chi connectivity index (χ1) is 22.0. The van der Waals surface area contributed by atoms with Crippen molar-refractivity contribution < 1.29 is 23.1 Å². The van der Waals surface area contributed by atoms with Crippen LogP contribution in [0.15, 0.2) is 60.0 Å². The molecule has 0 bridgehead atoms. The number of halogens is 3. The molecule has 2 aliphatic rings. The molecule has 1 fully saturated rings. The number of hydrogen-bond acceptors (Lipinski definition) is 8. The van der Waals surface area contributed by atoms with Crippen LogP contribution >= 0.6 is 0 Å². The van der Waals surface area contributed by atoms with Crippen molar-refractivity contribution in [3.63, 3.8) is 0 Å². The molecule has 4 aromatic rings. The average molecular weight is 637 g/mol. The summed E-state index contributed by atoms with van der Waals surface area (Å²) < 4.78 is 40.6. The minimum Gasteiger partial charge on any atom is -0.384 e. The summed E-state index contributed by atoms with van der Waals surface area (Å²) in [6, 6.07) is 11.4. The molecule has 1 atom stereocenters. The van der Waals surface area contributed by atoms with Crippen molar-refractivity contribution in [2.75, 3.05) is 29.9 Å². The lowest BCUT2D eigenvalue weighted by Gasteiger charge is -2.33. The number of amides is 1. The van der Waals surface area contributed by atoms with Crippen LogP contribution in [0, 0.1) is 5.92 Å². The van der Waals surface area contributed by atoms with Crippen molar-refractivity contribution in [3.05, 3.63) is 76.9 Å². The Morgan fingerprint density at radius 1 is 1.15 bits per heavy atom. The molecule has 0 radical (unpaired) electrons. The maximum atomic E-state index is 13.4. The average Bonchev–Trinajstić information content (AvgIpc) is 3.53. The number of benzene rings is 1. The van der Waals surface area contributed by atoms with Crippen LogP contribution in [0.25, 0.3) is 16.9 Å². The van der Waals surface area contributed by atoms with Gasteiger partial charge < -0.3 is 20.6 Å². The largest absolute Gasteiger partial charge is 0.471 e. The second-order valence-electron chi connectivity index (χ2n) is 11.8. The molecule has 3 N–H and O–H groups in total. The third kappa shape index (κ3) is 5.96. The summed E-state index contributed by atoms with van der Waals surface area (Å²) in [5.74, 6) is -1.18. The Hall–Kier alpha value is -4.72. The number of aromatic nitrogens is 5. The highest BCUT2D eigenvalue weighted by Gasteiger charge is 2.39. The number of alkyl halides is 3. The van der Waals surface area contributed by atoms with E-state index in [2.05, 4.69) is 21.8 Å². The second kappa shape index (κ2) is 12.2. The molecule has 3 aromatic heterocycles. The summed E-state index contributed by atoms with van der Waals surface area (Å²) >= 11 is 0. The van der Waals surface area contributed by atoms with E-state index in [4.69, 9.17) is 9.97 Å². The fraction of sp³-hybridized carbons (Fsp3) is 0.406. The lowest BCUT2D eigenvalue weighted by Crippen LogP contribution is -2.42. The molecule has 0 saturated carbocycles. The summed E-state index contributed by atoms with van der Waals surface area (Å²) in [4.78, 5) is 40.5. The van der Waals surface area contributed by atoms with Crippen molar-refractivity contribution in [1.29, 1.82) is 0 Å². The maximum absolute atomic E-state index is 13.4. The molecule has 242 valence electrons. The van der Waals surface area contributed by atoms with Gasteiger partial charge in [-0.05, 0) is 73.9 Å². The molecule has 4 heterocycles. The number of nitrogens with zero attached hydrogens (tertiary/aromatic N) is 6. The zero-order chi connectivity index (χ0) is 32.6. The molecule has 14 heteroatoms. The SMILES string of the molecule is C=CCn1c(=O)c2cnc(Nc3ccc(N4CCC(CNC(=O)C(F)(F)F)CC4)cc3)nc2n1-c1ccc2c(n1)[C@@](O)(CC)CC2. The van der Waals surface area contributed by atoms with Crippen LogP contribution in [0.4, 0.5) is 30.5 Å². The predicted octanol–water partition coefficient (Wildman–Crippen LogP) is 4.35. The van der Waals surface area contributed by atoms with Crippen molar-refractivity contribution in [2.24, 2.45) is 5.92 Å². The number of nitrogens with one attached hydrogen (secondary N) is 2. The number of allylic oxidation sites excluding steroid dienone is 1. The van der Waals surface area contributed by atoms with Gasteiger partial charge in [0, 0.05) is 37.2 Å². The van der Waals surface area contributed by atoms with Crippen LogP contribution in [0.5, 0.6) is 0 Å². The molecule has 1 saturated heterocycles. The van der Waals surface area contributed by atoms with Gasteiger partial charge >= 0.3 is 12.1 Å². The Balaban J connectivity index is 1.19. The molecule has 1 aromatic carbocycles. The number of aryl methyl sites for hydroxylation is 1. The first-order valence-corrected chi connectivity index (χ1v) is 15.3. The van der Waals surface area contributed by atoms with Crippen molar-refractivity contribution in [2.45, 2.75) is 57.3 Å². The van der Waals surface area contributed by atoms with Crippen LogP contribution < -0.4 is 21.1 Å². The number of carbonyl (C=O) groups excluding carboxylic acids is 1. The van der Waals surface area contributed by atoms with E-state index in [1.54, 1.807) is 10.8 Å². The summed E-state index contributed by atoms with van der Waals surface area (Å²) in [6.07, 6.45) is 1.42. The molecule has 46 heavy (non-hydrogen) atoms. The fourth-order valence-corrected chi connectivity index (χ4v) is 6.23. The maximum Gasteiger partial charge on any atom is 0.471 e. The third-order valence-electron chi connectivity index (χ3n) is 8.90. The van der Waals surface area contributed by atoms with Gasteiger partial charge in [-0.1, -0.05) is 19.1 Å². The van der Waals surface area contributed by atoms with E-state index in [1.807, 2.05) is 48.6 Å². The van der Waals surface area contributed by atoms with E-state index >= 15 is 0 Å². The predicted molar refractivity (Wildman–Crippen MR) is 167 cm³/mol. The number of fused-ring (bicyclic) bond motifs is 2. The smallest absolute Gasteiger partial charge is 0.384 e. The van der Waals surface area contributed by atoms with E-state index in [-0.39, 0.29) is 30.5 Å².